The van der Waals surface area contributed by atoms with E-state index in [0.29, 0.717) is 11.3 Å². The molecule has 0 radical (unpaired) electrons. The number of hydrogen-bond donors (Lipinski definition) is 0. The highest BCUT2D eigenvalue weighted by atomic mass is 19.4. The fourth-order valence-electron chi connectivity index (χ4n) is 1.99. The van der Waals surface area contributed by atoms with Gasteiger partial charge >= 0.3 is 12.1 Å². The Morgan fingerprint density at radius 1 is 1.26 bits per heavy atom. The van der Waals surface area contributed by atoms with Crippen LogP contribution in [0.5, 0.6) is 5.75 Å². The van der Waals surface area contributed by atoms with Gasteiger partial charge in [-0.25, -0.2) is 9.78 Å². The minimum absolute atomic E-state index is 0.0610. The van der Waals surface area contributed by atoms with Crippen molar-refractivity contribution in [1.82, 2.24) is 9.55 Å². The second kappa shape index (κ2) is 6.72. The molecular formula is C15H15F3N2O3. The van der Waals surface area contributed by atoms with Crippen LogP contribution in [0.1, 0.15) is 28.8 Å². The monoisotopic (exact) mass is 328 g/mol. The van der Waals surface area contributed by atoms with Crippen LogP contribution in [0.25, 0.3) is 0 Å². The third-order valence-electron chi connectivity index (χ3n) is 3.03. The first-order valence-corrected chi connectivity index (χ1v) is 6.79. The van der Waals surface area contributed by atoms with Crippen molar-refractivity contribution in [2.75, 3.05) is 13.7 Å². The number of carbonyl (C=O) groups excluding carboxylic acids is 1. The van der Waals surface area contributed by atoms with E-state index in [4.69, 9.17) is 9.47 Å². The zero-order valence-corrected chi connectivity index (χ0v) is 12.6. The van der Waals surface area contributed by atoms with Crippen LogP contribution in [0.3, 0.4) is 0 Å². The molecule has 124 valence electrons. The Balaban J connectivity index is 2.33. The van der Waals surface area contributed by atoms with Gasteiger partial charge in [0.05, 0.1) is 13.7 Å². The van der Waals surface area contributed by atoms with Crippen LogP contribution in [0, 0.1) is 0 Å². The number of aromatic nitrogens is 2. The van der Waals surface area contributed by atoms with Crippen molar-refractivity contribution in [3.8, 4) is 5.75 Å². The Morgan fingerprint density at radius 2 is 1.91 bits per heavy atom. The Bertz CT molecular complexity index is 678. The van der Waals surface area contributed by atoms with E-state index in [1.54, 1.807) is 31.2 Å². The molecule has 0 spiro atoms. The molecule has 2 rings (SSSR count). The number of carbonyl (C=O) groups is 1. The predicted octanol–water partition coefficient (Wildman–Crippen LogP) is 3.14. The number of halogens is 3. The number of imidazole rings is 1. The molecule has 0 aliphatic rings. The van der Waals surface area contributed by atoms with Crippen molar-refractivity contribution in [3.63, 3.8) is 0 Å². The summed E-state index contributed by atoms with van der Waals surface area (Å²) in [4.78, 5) is 15.0. The molecule has 0 amide bonds. The van der Waals surface area contributed by atoms with Crippen molar-refractivity contribution in [3.05, 3.63) is 47.5 Å². The summed E-state index contributed by atoms with van der Waals surface area (Å²) in [7, 11) is 1.50. The summed E-state index contributed by atoms with van der Waals surface area (Å²) in [6.07, 6.45) is -3.62. The molecule has 8 heteroatoms. The average Bonchev–Trinajstić information content (AvgIpc) is 2.92. The zero-order chi connectivity index (χ0) is 17.0. The molecule has 0 unspecified atom stereocenters. The van der Waals surface area contributed by atoms with E-state index in [1.807, 2.05) is 0 Å². The van der Waals surface area contributed by atoms with Crippen LogP contribution in [0.2, 0.25) is 0 Å². The smallest absolute Gasteiger partial charge is 0.449 e. The normalized spacial score (nSPS) is 11.3. The van der Waals surface area contributed by atoms with Gasteiger partial charge in [0, 0.05) is 12.7 Å². The highest BCUT2D eigenvalue weighted by Crippen LogP contribution is 2.29. The first-order valence-electron chi connectivity index (χ1n) is 6.79. The summed E-state index contributed by atoms with van der Waals surface area (Å²) in [5, 5.41) is 0. The fraction of sp³-hybridized carbons (Fsp3) is 0.333. The third-order valence-corrected chi connectivity index (χ3v) is 3.03. The maximum atomic E-state index is 13.1. The Kier molecular flexibility index (Phi) is 4.92. The standard InChI is InChI=1S/C15H15F3N2O3/c1-3-23-13(21)12-9-20(14(19-12)15(16,17)18)8-10-4-6-11(22-2)7-5-10/h4-7,9H,3,8H2,1-2H3. The lowest BCUT2D eigenvalue weighted by atomic mass is 10.2. The summed E-state index contributed by atoms with van der Waals surface area (Å²) in [5.74, 6) is -1.43. The first-order chi connectivity index (χ1) is 10.8. The quantitative estimate of drug-likeness (QED) is 0.791. The van der Waals surface area contributed by atoms with Gasteiger partial charge in [-0.05, 0) is 24.6 Å². The summed E-state index contributed by atoms with van der Waals surface area (Å²) < 4.78 is 49.8. The van der Waals surface area contributed by atoms with Crippen LogP contribution >= 0.6 is 0 Å². The van der Waals surface area contributed by atoms with Gasteiger partial charge in [-0.1, -0.05) is 12.1 Å². The highest BCUT2D eigenvalue weighted by Gasteiger charge is 2.38. The highest BCUT2D eigenvalue weighted by molar-refractivity contribution is 5.87. The second-order valence-corrected chi connectivity index (χ2v) is 4.64. The number of alkyl halides is 3. The van der Waals surface area contributed by atoms with Crippen molar-refractivity contribution in [2.24, 2.45) is 0 Å². The maximum Gasteiger partial charge on any atom is 0.449 e. The molecule has 0 saturated carbocycles. The molecule has 1 aromatic carbocycles. The number of nitrogens with zero attached hydrogens (tertiary/aromatic N) is 2. The van der Waals surface area contributed by atoms with Crippen molar-refractivity contribution in [1.29, 1.82) is 0 Å². The number of hydrogen-bond acceptors (Lipinski definition) is 4. The molecule has 0 aliphatic heterocycles. The van der Waals surface area contributed by atoms with E-state index in [2.05, 4.69) is 4.98 Å². The van der Waals surface area contributed by atoms with Crippen LogP contribution in [0.15, 0.2) is 30.5 Å². The lowest BCUT2D eigenvalue weighted by Gasteiger charge is -2.10. The van der Waals surface area contributed by atoms with Gasteiger partial charge in [-0.15, -0.1) is 0 Å². The Labute approximate surface area is 130 Å². The van der Waals surface area contributed by atoms with Gasteiger partial charge in [0.2, 0.25) is 5.82 Å². The molecule has 0 saturated heterocycles. The molecule has 0 aliphatic carbocycles. The second-order valence-electron chi connectivity index (χ2n) is 4.64. The molecule has 0 fully saturated rings. The number of ether oxygens (including phenoxy) is 2. The van der Waals surface area contributed by atoms with E-state index in [0.717, 1.165) is 10.8 Å². The van der Waals surface area contributed by atoms with Gasteiger partial charge in [-0.3, -0.25) is 0 Å². The zero-order valence-electron chi connectivity index (χ0n) is 12.6. The summed E-state index contributed by atoms with van der Waals surface area (Å²) in [6.45, 7) is 1.55. The lowest BCUT2D eigenvalue weighted by molar-refractivity contribution is -0.147. The largest absolute Gasteiger partial charge is 0.497 e. The molecule has 0 N–H and O–H groups in total. The molecule has 1 heterocycles. The van der Waals surface area contributed by atoms with E-state index in [-0.39, 0.29) is 18.8 Å². The average molecular weight is 328 g/mol. The molecule has 23 heavy (non-hydrogen) atoms. The predicted molar refractivity (Wildman–Crippen MR) is 75.3 cm³/mol. The molecule has 0 bridgehead atoms. The number of methoxy groups -OCH3 is 1. The van der Waals surface area contributed by atoms with E-state index >= 15 is 0 Å². The van der Waals surface area contributed by atoms with Crippen LogP contribution in [-0.2, 0) is 17.5 Å². The van der Waals surface area contributed by atoms with Crippen LogP contribution in [0.4, 0.5) is 13.2 Å². The van der Waals surface area contributed by atoms with Gasteiger partial charge in [0.15, 0.2) is 5.69 Å². The Hall–Kier alpha value is -2.51. The van der Waals surface area contributed by atoms with Gasteiger partial charge in [0.25, 0.3) is 0 Å². The Morgan fingerprint density at radius 3 is 2.43 bits per heavy atom. The summed E-state index contributed by atoms with van der Waals surface area (Å²) in [5.41, 5.74) is 0.247. The van der Waals surface area contributed by atoms with Crippen molar-refractivity contribution in [2.45, 2.75) is 19.6 Å². The van der Waals surface area contributed by atoms with Gasteiger partial charge in [-0.2, -0.15) is 13.2 Å². The van der Waals surface area contributed by atoms with Crippen LogP contribution in [-0.4, -0.2) is 29.2 Å². The molecule has 2 aromatic rings. The fourth-order valence-corrected chi connectivity index (χ4v) is 1.99. The van der Waals surface area contributed by atoms with E-state index in [9.17, 15) is 18.0 Å². The number of rotatable bonds is 5. The lowest BCUT2D eigenvalue weighted by Crippen LogP contribution is -2.15. The van der Waals surface area contributed by atoms with Gasteiger partial charge < -0.3 is 14.0 Å². The molecular weight excluding hydrogens is 313 g/mol. The third kappa shape index (κ3) is 4.02. The molecule has 5 nitrogen and oxygen atoms in total. The maximum absolute atomic E-state index is 13.1. The molecule has 1 aromatic heterocycles. The topological polar surface area (TPSA) is 53.4 Å². The first kappa shape index (κ1) is 16.9. The van der Waals surface area contributed by atoms with Crippen LogP contribution < -0.4 is 4.74 Å². The van der Waals surface area contributed by atoms with Gasteiger partial charge in [0.1, 0.15) is 5.75 Å². The SMILES string of the molecule is CCOC(=O)c1cn(Cc2ccc(OC)cc2)c(C(F)(F)F)n1. The molecule has 0 atom stereocenters. The van der Waals surface area contributed by atoms with E-state index < -0.39 is 18.0 Å². The van der Waals surface area contributed by atoms with E-state index in [1.165, 1.54) is 7.11 Å². The summed E-state index contributed by atoms with van der Waals surface area (Å²) >= 11 is 0. The number of esters is 1. The minimum Gasteiger partial charge on any atom is -0.497 e. The van der Waals surface area contributed by atoms with Crippen molar-refractivity contribution < 1.29 is 27.4 Å². The number of benzene rings is 1. The summed E-state index contributed by atoms with van der Waals surface area (Å²) in [6, 6.07) is 6.57. The minimum atomic E-state index is -4.67. The van der Waals surface area contributed by atoms with Crippen molar-refractivity contribution >= 4 is 5.97 Å².